The maximum atomic E-state index is 10.6. The second kappa shape index (κ2) is 44.2. The van der Waals surface area contributed by atoms with E-state index in [2.05, 4.69) is 0 Å². The van der Waals surface area contributed by atoms with Crippen LogP contribution in [0.4, 0.5) is 0 Å². The van der Waals surface area contributed by atoms with Crippen LogP contribution >= 0.6 is 0 Å². The SMILES string of the molecule is O=C(O)CN(CCN(CC(=O)O)CC(=O)O)CC(=O)O.O=C(O)CN(CCN(CC(=O)O)CC(=O)O)CC(=O)O.O=C(O)CN(CCN(CC(=O)O)CC(=O)O)CC(=O)O.O=C(O)CN(CCN(CC(=O)O)CC(=O)O)CC(=O)O. The first kappa shape index (κ1) is 77.7. The van der Waals surface area contributed by atoms with Crippen molar-refractivity contribution in [2.75, 3.05) is 157 Å². The first-order chi connectivity index (χ1) is 36.8. The van der Waals surface area contributed by atoms with Gasteiger partial charge in [-0.2, -0.15) is 0 Å². The molecule has 0 aromatic carbocycles. The standard InChI is InChI=1S/4C10H16N2O8/c4*13-7(14)3-11(4-8(15)16)1-2-12(5-9(17)18)6-10(19)20/h4*1-6H2,(H,13,14)(H,15,16)(H,17,18)(H,19,20). The lowest BCUT2D eigenvalue weighted by molar-refractivity contribution is -0.145. The highest BCUT2D eigenvalue weighted by molar-refractivity contribution is 5.77. The van der Waals surface area contributed by atoms with Gasteiger partial charge in [0.05, 0.1) is 105 Å². The summed E-state index contributed by atoms with van der Waals surface area (Å²) in [5.74, 6) is -19.6. The van der Waals surface area contributed by atoms with Gasteiger partial charge in [-0.25, -0.2) is 0 Å². The molecule has 0 unspecified atom stereocenters. The fourth-order valence-corrected chi connectivity index (χ4v) is 5.90. The number of aliphatic carboxylic acids is 16. The average Bonchev–Trinajstić information content (AvgIpc) is 3.23. The highest BCUT2D eigenvalue weighted by atomic mass is 16.4. The predicted octanol–water partition coefficient (Wildman–Crippen LogP) is -8.28. The van der Waals surface area contributed by atoms with Gasteiger partial charge in [-0.05, 0) is 0 Å². The van der Waals surface area contributed by atoms with Gasteiger partial charge < -0.3 is 81.7 Å². The van der Waals surface area contributed by atoms with Gasteiger partial charge in [0.1, 0.15) is 0 Å². The zero-order valence-electron chi connectivity index (χ0n) is 42.2. The molecule has 0 aliphatic heterocycles. The molecule has 16 N–H and O–H groups in total. The number of carboxylic acid groups (broad SMARTS) is 16. The van der Waals surface area contributed by atoms with Crippen LogP contribution < -0.4 is 0 Å². The molecule has 40 heteroatoms. The van der Waals surface area contributed by atoms with Crippen molar-refractivity contribution in [3.8, 4) is 0 Å². The molecule has 0 aliphatic rings. The molecule has 0 bridgehead atoms. The Balaban J connectivity index is -0.000000481. The van der Waals surface area contributed by atoms with E-state index in [9.17, 15) is 76.7 Å². The Hall–Kier alpha value is -8.80. The molecule has 0 fully saturated rings. The summed E-state index contributed by atoms with van der Waals surface area (Å²) < 4.78 is 0. The number of hydrogen-bond acceptors (Lipinski definition) is 24. The van der Waals surface area contributed by atoms with Gasteiger partial charge in [-0.3, -0.25) is 116 Å². The number of rotatable bonds is 44. The predicted molar refractivity (Wildman–Crippen MR) is 254 cm³/mol. The Labute approximate surface area is 449 Å². The third kappa shape index (κ3) is 56.9. The summed E-state index contributed by atoms with van der Waals surface area (Å²) in [5.41, 5.74) is 0. The fraction of sp³-hybridized carbons (Fsp3) is 0.600. The molecule has 80 heavy (non-hydrogen) atoms. The fourth-order valence-electron chi connectivity index (χ4n) is 5.90. The van der Waals surface area contributed by atoms with E-state index in [-0.39, 0.29) is 52.4 Å². The number of carboxylic acids is 16. The molecule has 0 saturated heterocycles. The quantitative estimate of drug-likeness (QED) is 0.0269. The van der Waals surface area contributed by atoms with Crippen molar-refractivity contribution in [2.45, 2.75) is 0 Å². The highest BCUT2D eigenvalue weighted by Crippen LogP contribution is 1.98. The van der Waals surface area contributed by atoms with Crippen LogP contribution in [0.5, 0.6) is 0 Å². The second-order valence-electron chi connectivity index (χ2n) is 16.0. The van der Waals surface area contributed by atoms with Crippen LogP contribution in [0.25, 0.3) is 0 Å². The lowest BCUT2D eigenvalue weighted by Gasteiger charge is -2.23. The Kier molecular flexibility index (Phi) is 42.9. The second-order valence-corrected chi connectivity index (χ2v) is 16.0. The number of nitrogens with zero attached hydrogens (tertiary/aromatic N) is 8. The Morgan fingerprint density at radius 3 is 0.225 bits per heavy atom. The highest BCUT2D eigenvalue weighted by Gasteiger charge is 2.22. The van der Waals surface area contributed by atoms with Crippen LogP contribution in [-0.4, -0.2) is 373 Å². The Morgan fingerprint density at radius 2 is 0.188 bits per heavy atom. The van der Waals surface area contributed by atoms with Crippen molar-refractivity contribution in [3.63, 3.8) is 0 Å². The van der Waals surface area contributed by atoms with E-state index >= 15 is 0 Å². The maximum absolute atomic E-state index is 10.6. The molecule has 0 spiro atoms. The minimum Gasteiger partial charge on any atom is -0.480 e. The third-order valence-electron chi connectivity index (χ3n) is 8.67. The van der Waals surface area contributed by atoms with Crippen LogP contribution in [0, 0.1) is 0 Å². The van der Waals surface area contributed by atoms with Gasteiger partial charge >= 0.3 is 95.5 Å². The van der Waals surface area contributed by atoms with Crippen molar-refractivity contribution in [2.24, 2.45) is 0 Å². The molecule has 456 valence electrons. The van der Waals surface area contributed by atoms with Crippen molar-refractivity contribution >= 4 is 95.5 Å². The van der Waals surface area contributed by atoms with Gasteiger partial charge in [-0.15, -0.1) is 0 Å². The van der Waals surface area contributed by atoms with Crippen LogP contribution in [0.3, 0.4) is 0 Å². The lowest BCUT2D eigenvalue weighted by atomic mass is 10.4. The molecule has 0 heterocycles. The van der Waals surface area contributed by atoms with E-state index in [1.54, 1.807) is 0 Å². The van der Waals surface area contributed by atoms with Gasteiger partial charge in [0.2, 0.25) is 0 Å². The maximum Gasteiger partial charge on any atom is 0.317 e. The summed E-state index contributed by atoms with van der Waals surface area (Å²) in [5, 5.41) is 138. The summed E-state index contributed by atoms with van der Waals surface area (Å²) >= 11 is 0. The van der Waals surface area contributed by atoms with E-state index in [1.807, 2.05) is 0 Å². The van der Waals surface area contributed by atoms with Crippen LogP contribution in [-0.2, 0) is 76.7 Å². The van der Waals surface area contributed by atoms with E-state index in [1.165, 1.54) is 0 Å². The van der Waals surface area contributed by atoms with E-state index < -0.39 is 200 Å². The molecule has 0 atom stereocenters. The third-order valence-corrected chi connectivity index (χ3v) is 8.67. The molecular formula is C40H64N8O32. The summed E-state index contributed by atoms with van der Waals surface area (Å²) in [4.78, 5) is 177. The van der Waals surface area contributed by atoms with E-state index in [4.69, 9.17) is 81.7 Å². The van der Waals surface area contributed by atoms with Gasteiger partial charge in [0.25, 0.3) is 0 Å². The average molecular weight is 1170 g/mol. The minimum atomic E-state index is -1.23. The monoisotopic (exact) mass is 1170 g/mol. The molecule has 0 aliphatic carbocycles. The summed E-state index contributed by atoms with van der Waals surface area (Å²) in [6.45, 7) is -9.00. The topological polar surface area (TPSA) is 623 Å². The van der Waals surface area contributed by atoms with Crippen LogP contribution in [0.1, 0.15) is 0 Å². The van der Waals surface area contributed by atoms with E-state index in [0.717, 1.165) is 39.2 Å². The molecule has 0 aromatic rings. The summed E-state index contributed by atoms with van der Waals surface area (Å²) in [7, 11) is 0. The van der Waals surface area contributed by atoms with Crippen molar-refractivity contribution in [1.82, 2.24) is 39.2 Å². The number of carbonyl (C=O) groups is 16. The zero-order chi connectivity index (χ0) is 62.8. The molecule has 0 aromatic heterocycles. The van der Waals surface area contributed by atoms with Crippen molar-refractivity contribution in [3.05, 3.63) is 0 Å². The van der Waals surface area contributed by atoms with Gasteiger partial charge in [-0.1, -0.05) is 0 Å². The minimum absolute atomic E-state index is 0.0703. The molecule has 40 nitrogen and oxygen atoms in total. The summed E-state index contributed by atoms with van der Waals surface area (Å²) in [6.07, 6.45) is 0. The summed E-state index contributed by atoms with van der Waals surface area (Å²) in [6, 6.07) is 0. The molecular weight excluding hydrogens is 1100 g/mol. The molecule has 0 rings (SSSR count). The van der Waals surface area contributed by atoms with Crippen LogP contribution in [0.2, 0.25) is 0 Å². The van der Waals surface area contributed by atoms with Gasteiger partial charge in [0, 0.05) is 52.4 Å². The smallest absolute Gasteiger partial charge is 0.317 e. The Bertz CT molecular complexity index is 1550. The van der Waals surface area contributed by atoms with Gasteiger partial charge in [0.15, 0.2) is 0 Å². The first-order valence-corrected chi connectivity index (χ1v) is 22.1. The van der Waals surface area contributed by atoms with Crippen LogP contribution in [0.15, 0.2) is 0 Å². The first-order valence-electron chi connectivity index (χ1n) is 22.1. The largest absolute Gasteiger partial charge is 0.480 e. The Morgan fingerprint density at radius 1 is 0.138 bits per heavy atom. The van der Waals surface area contributed by atoms with E-state index in [0.29, 0.717) is 0 Å². The lowest BCUT2D eigenvalue weighted by Crippen LogP contribution is -2.43. The molecule has 0 radical (unpaired) electrons. The van der Waals surface area contributed by atoms with Crippen molar-refractivity contribution < 1.29 is 158 Å². The zero-order valence-corrected chi connectivity index (χ0v) is 42.2. The molecule has 0 amide bonds. The van der Waals surface area contributed by atoms with Crippen molar-refractivity contribution in [1.29, 1.82) is 0 Å². The normalized spacial score (nSPS) is 10.7. The number of hydrogen-bond donors (Lipinski definition) is 16. The molecule has 0 saturated carbocycles.